The van der Waals surface area contributed by atoms with Gasteiger partial charge in [0.05, 0.1) is 12.5 Å². The average Bonchev–Trinajstić information content (AvgIpc) is 2.56. The second-order valence-electron chi connectivity index (χ2n) is 4.88. The average molecular weight is 426 g/mol. The number of halogens is 1. The number of benzene rings is 1. The topological polar surface area (TPSA) is 74.2 Å². The number of nitrogens with zero attached hydrogens (tertiary/aromatic N) is 1. The van der Waals surface area contributed by atoms with Crippen LogP contribution in [0.5, 0.6) is 0 Å². The molecule has 0 unspecified atom stereocenters. The van der Waals surface area contributed by atoms with E-state index in [2.05, 4.69) is 31.5 Å². The first-order valence-electron chi connectivity index (χ1n) is 7.02. The summed E-state index contributed by atoms with van der Waals surface area (Å²) < 4.78 is 0.865. The van der Waals surface area contributed by atoms with Gasteiger partial charge in [-0.25, -0.2) is 4.98 Å². The molecule has 0 aliphatic carbocycles. The van der Waals surface area contributed by atoms with Crippen LogP contribution in [-0.4, -0.2) is 27.4 Å². The van der Waals surface area contributed by atoms with Gasteiger partial charge in [0.1, 0.15) is 5.82 Å². The third-order valence-corrected chi connectivity index (χ3v) is 4.60. The lowest BCUT2D eigenvalue weighted by Crippen LogP contribution is -2.33. The Hall–Kier alpha value is -1.64. The van der Waals surface area contributed by atoms with E-state index in [1.54, 1.807) is 24.0 Å². The largest absolute Gasteiger partial charge is 0.481 e. The second kappa shape index (κ2) is 9.00. The summed E-state index contributed by atoms with van der Waals surface area (Å²) in [4.78, 5) is 16.5. The number of carbonyl (C=O) groups is 1. The fourth-order valence-electron chi connectivity index (χ4n) is 2.02. The van der Waals surface area contributed by atoms with Gasteiger partial charge in [0.25, 0.3) is 0 Å². The highest BCUT2D eigenvalue weighted by atomic mass is 79.9. The van der Waals surface area contributed by atoms with E-state index in [1.165, 1.54) is 0 Å². The number of anilines is 1. The van der Waals surface area contributed by atoms with Gasteiger partial charge >= 0.3 is 5.97 Å². The van der Waals surface area contributed by atoms with Crippen LogP contribution < -0.4 is 10.6 Å². The van der Waals surface area contributed by atoms with Crippen LogP contribution in [0.2, 0.25) is 0 Å². The monoisotopic (exact) mass is 425 g/mol. The molecule has 126 valence electrons. The van der Waals surface area contributed by atoms with Gasteiger partial charge in [-0.15, -0.1) is 11.8 Å². The number of pyridine rings is 1. The van der Waals surface area contributed by atoms with E-state index in [9.17, 15) is 4.79 Å². The van der Waals surface area contributed by atoms with Crippen LogP contribution in [0.15, 0.2) is 52.0 Å². The lowest BCUT2D eigenvalue weighted by molar-refractivity contribution is -0.137. The zero-order valence-corrected chi connectivity index (χ0v) is 16.0. The van der Waals surface area contributed by atoms with E-state index in [1.807, 2.05) is 36.6 Å². The number of thiocarbonyl (C=S) groups is 1. The molecule has 0 radical (unpaired) electrons. The maximum Gasteiger partial charge on any atom is 0.305 e. The SMILES string of the molecule is CSc1ccc([C@H](CC(=O)O)NC(=S)Nc2ccc(Br)cn2)cc1. The van der Waals surface area contributed by atoms with Crippen LogP contribution in [0.25, 0.3) is 0 Å². The van der Waals surface area contributed by atoms with Gasteiger partial charge in [-0.2, -0.15) is 0 Å². The zero-order chi connectivity index (χ0) is 17.5. The predicted molar refractivity (Wildman–Crippen MR) is 105 cm³/mol. The van der Waals surface area contributed by atoms with Gasteiger partial charge < -0.3 is 15.7 Å². The molecule has 1 aromatic carbocycles. The van der Waals surface area contributed by atoms with Crippen LogP contribution in [0.3, 0.4) is 0 Å². The predicted octanol–water partition coefficient (Wildman–Crippen LogP) is 4.07. The Morgan fingerprint density at radius 2 is 2.04 bits per heavy atom. The molecule has 5 nitrogen and oxygen atoms in total. The molecular weight excluding hydrogens is 410 g/mol. The minimum absolute atomic E-state index is 0.0752. The van der Waals surface area contributed by atoms with Gasteiger partial charge in [-0.3, -0.25) is 4.79 Å². The molecule has 2 rings (SSSR count). The Bertz CT molecular complexity index is 708. The Labute approximate surface area is 158 Å². The van der Waals surface area contributed by atoms with Crippen molar-refractivity contribution in [3.8, 4) is 0 Å². The maximum absolute atomic E-state index is 11.2. The molecule has 0 bridgehead atoms. The van der Waals surface area contributed by atoms with Crippen LogP contribution in [-0.2, 0) is 4.79 Å². The third kappa shape index (κ3) is 5.77. The summed E-state index contributed by atoms with van der Waals surface area (Å²) in [6.07, 6.45) is 3.57. The fraction of sp³-hybridized carbons (Fsp3) is 0.188. The van der Waals surface area contributed by atoms with Crippen molar-refractivity contribution in [3.05, 3.63) is 52.6 Å². The molecule has 1 atom stereocenters. The van der Waals surface area contributed by atoms with Gasteiger partial charge in [0.15, 0.2) is 5.11 Å². The van der Waals surface area contributed by atoms with E-state index in [0.717, 1.165) is 14.9 Å². The molecule has 0 amide bonds. The summed E-state index contributed by atoms with van der Waals surface area (Å²) >= 11 is 10.2. The molecule has 0 saturated carbocycles. The third-order valence-electron chi connectivity index (χ3n) is 3.17. The van der Waals surface area contributed by atoms with Gasteiger partial charge in [0.2, 0.25) is 0 Å². The number of carboxylic acid groups (broad SMARTS) is 1. The van der Waals surface area contributed by atoms with Gasteiger partial charge in [0, 0.05) is 15.6 Å². The number of nitrogens with one attached hydrogen (secondary N) is 2. The maximum atomic E-state index is 11.2. The molecule has 3 N–H and O–H groups in total. The number of carboxylic acids is 1. The molecular formula is C16H16BrN3O2S2. The molecule has 2 aromatic rings. The first-order valence-corrected chi connectivity index (χ1v) is 9.45. The van der Waals surface area contributed by atoms with E-state index >= 15 is 0 Å². The quantitative estimate of drug-likeness (QED) is 0.475. The molecule has 0 aliphatic heterocycles. The van der Waals surface area contributed by atoms with Crippen LogP contribution in [0, 0.1) is 0 Å². The first-order chi connectivity index (χ1) is 11.5. The van der Waals surface area contributed by atoms with E-state index in [4.69, 9.17) is 17.3 Å². The first kappa shape index (κ1) is 18.7. The summed E-state index contributed by atoms with van der Waals surface area (Å²) in [5.74, 6) is -0.312. The van der Waals surface area contributed by atoms with Crippen LogP contribution >= 0.6 is 39.9 Å². The number of thioether (sulfide) groups is 1. The normalized spacial score (nSPS) is 11.6. The number of rotatable bonds is 6. The smallest absolute Gasteiger partial charge is 0.305 e. The highest BCUT2D eigenvalue weighted by molar-refractivity contribution is 9.10. The Balaban J connectivity index is 2.08. The van der Waals surface area contributed by atoms with Crippen molar-refractivity contribution in [2.24, 2.45) is 0 Å². The molecule has 24 heavy (non-hydrogen) atoms. The lowest BCUT2D eigenvalue weighted by atomic mass is 10.0. The molecule has 0 spiro atoms. The molecule has 1 aromatic heterocycles. The van der Waals surface area contributed by atoms with Gasteiger partial charge in [-0.05, 0) is 64.2 Å². The molecule has 8 heteroatoms. The number of hydrogen-bond acceptors (Lipinski definition) is 4. The van der Waals surface area contributed by atoms with E-state index < -0.39 is 12.0 Å². The van der Waals surface area contributed by atoms with Crippen molar-refractivity contribution in [2.45, 2.75) is 17.4 Å². The van der Waals surface area contributed by atoms with Gasteiger partial charge in [-0.1, -0.05) is 12.1 Å². The number of aromatic nitrogens is 1. The highest BCUT2D eigenvalue weighted by Crippen LogP contribution is 2.21. The molecule has 0 aliphatic rings. The minimum Gasteiger partial charge on any atom is -0.481 e. The zero-order valence-electron chi connectivity index (χ0n) is 12.8. The molecule has 1 heterocycles. The Morgan fingerprint density at radius 1 is 1.33 bits per heavy atom. The van der Waals surface area contributed by atoms with E-state index in [-0.39, 0.29) is 6.42 Å². The summed E-state index contributed by atoms with van der Waals surface area (Å²) in [6, 6.07) is 10.9. The summed E-state index contributed by atoms with van der Waals surface area (Å²) in [5.41, 5.74) is 0.864. The van der Waals surface area contributed by atoms with E-state index in [0.29, 0.717) is 10.9 Å². The van der Waals surface area contributed by atoms with Crippen molar-refractivity contribution in [1.29, 1.82) is 0 Å². The van der Waals surface area contributed by atoms with Crippen molar-refractivity contribution >= 4 is 56.8 Å². The van der Waals surface area contributed by atoms with Crippen molar-refractivity contribution in [1.82, 2.24) is 10.3 Å². The second-order valence-corrected chi connectivity index (χ2v) is 7.09. The van der Waals surface area contributed by atoms with Crippen molar-refractivity contribution in [3.63, 3.8) is 0 Å². The van der Waals surface area contributed by atoms with Crippen molar-refractivity contribution < 1.29 is 9.90 Å². The summed E-state index contributed by atoms with van der Waals surface area (Å²) in [5, 5.41) is 15.5. The highest BCUT2D eigenvalue weighted by Gasteiger charge is 2.17. The standard InChI is InChI=1S/C16H16BrN3O2S2/c1-24-12-5-2-10(3-6-12)13(8-15(21)22)19-16(23)20-14-7-4-11(17)9-18-14/h2-7,9,13H,8H2,1H3,(H,21,22)(H2,18,19,20,23)/t13-/m0/s1. The Kier molecular flexibility index (Phi) is 7.01. The lowest BCUT2D eigenvalue weighted by Gasteiger charge is -2.20. The number of aliphatic carboxylic acids is 1. The molecule has 0 fully saturated rings. The number of hydrogen-bond donors (Lipinski definition) is 3. The van der Waals surface area contributed by atoms with Crippen molar-refractivity contribution in [2.75, 3.05) is 11.6 Å². The fourth-order valence-corrected chi connectivity index (χ4v) is 2.91. The molecule has 0 saturated heterocycles. The summed E-state index contributed by atoms with van der Waals surface area (Å²) in [6.45, 7) is 0. The Morgan fingerprint density at radius 3 is 2.58 bits per heavy atom. The minimum atomic E-state index is -0.897. The van der Waals surface area contributed by atoms with Crippen LogP contribution in [0.1, 0.15) is 18.0 Å². The van der Waals surface area contributed by atoms with Crippen LogP contribution in [0.4, 0.5) is 5.82 Å². The summed E-state index contributed by atoms with van der Waals surface area (Å²) in [7, 11) is 0.